The van der Waals surface area contributed by atoms with Gasteiger partial charge in [-0.15, -0.1) is 0 Å². The van der Waals surface area contributed by atoms with E-state index in [0.29, 0.717) is 5.54 Å². The van der Waals surface area contributed by atoms with Crippen LogP contribution < -0.4 is 4.57 Å². The quantitative estimate of drug-likeness (QED) is 0.436. The SMILES string of the molecule is c1ccc2c(c1)C[n+]1c-2n(C23CC4CC(CC(C4)C2)C3)c2ccccc21. The van der Waals surface area contributed by atoms with E-state index in [4.69, 9.17) is 0 Å². The van der Waals surface area contributed by atoms with Crippen molar-refractivity contribution in [3.8, 4) is 11.4 Å². The van der Waals surface area contributed by atoms with Gasteiger partial charge in [0.25, 0.3) is 5.82 Å². The van der Waals surface area contributed by atoms with E-state index in [1.807, 2.05) is 0 Å². The van der Waals surface area contributed by atoms with Gasteiger partial charge in [-0.25, -0.2) is 9.13 Å². The Bertz CT molecular complexity index is 1020. The molecule has 4 fully saturated rings. The van der Waals surface area contributed by atoms with E-state index in [2.05, 4.69) is 57.7 Å². The lowest BCUT2D eigenvalue weighted by Gasteiger charge is -2.55. The highest BCUT2D eigenvalue weighted by atomic mass is 15.2. The second kappa shape index (κ2) is 4.60. The first-order valence-electron chi connectivity index (χ1n) is 10.4. The number of imidazole rings is 1. The fraction of sp³-hybridized carbons (Fsp3) is 0.458. The Hall–Kier alpha value is -2.09. The third-order valence-electron chi connectivity index (χ3n) is 7.95. The molecule has 26 heavy (non-hydrogen) atoms. The van der Waals surface area contributed by atoms with Crippen LogP contribution in [0.4, 0.5) is 0 Å². The number of nitrogens with zero attached hydrogens (tertiary/aromatic N) is 2. The highest BCUT2D eigenvalue weighted by Gasteiger charge is 2.57. The van der Waals surface area contributed by atoms with Crippen molar-refractivity contribution in [1.82, 2.24) is 4.57 Å². The average Bonchev–Trinajstić information content (AvgIpc) is 3.15. The van der Waals surface area contributed by atoms with Crippen molar-refractivity contribution in [2.75, 3.05) is 0 Å². The van der Waals surface area contributed by atoms with Gasteiger partial charge in [-0.05, 0) is 74.5 Å². The molecule has 3 aromatic rings. The monoisotopic (exact) mass is 341 g/mol. The number of benzene rings is 2. The summed E-state index contributed by atoms with van der Waals surface area (Å²) in [6.45, 7) is 1.03. The minimum absolute atomic E-state index is 0.367. The maximum atomic E-state index is 2.83. The zero-order valence-electron chi connectivity index (χ0n) is 15.2. The molecule has 0 atom stereocenters. The van der Waals surface area contributed by atoms with Gasteiger partial charge in [-0.1, -0.05) is 30.3 Å². The Labute approximate surface area is 154 Å². The van der Waals surface area contributed by atoms with Gasteiger partial charge in [0.15, 0.2) is 11.0 Å². The third-order valence-corrected chi connectivity index (χ3v) is 7.95. The van der Waals surface area contributed by atoms with Gasteiger partial charge in [0.1, 0.15) is 12.1 Å². The van der Waals surface area contributed by atoms with Crippen molar-refractivity contribution in [1.29, 1.82) is 0 Å². The van der Waals surface area contributed by atoms with E-state index in [1.165, 1.54) is 66.5 Å². The van der Waals surface area contributed by atoms with Crippen LogP contribution in [0.15, 0.2) is 48.5 Å². The fourth-order valence-corrected chi connectivity index (χ4v) is 7.52. The van der Waals surface area contributed by atoms with Crippen LogP contribution in [0, 0.1) is 17.8 Å². The van der Waals surface area contributed by atoms with Gasteiger partial charge < -0.3 is 0 Å². The molecule has 0 radical (unpaired) electrons. The molecule has 2 heterocycles. The molecule has 2 aromatic carbocycles. The molecule has 5 aliphatic rings. The normalized spacial score (nSPS) is 33.6. The van der Waals surface area contributed by atoms with Crippen molar-refractivity contribution in [3.63, 3.8) is 0 Å². The van der Waals surface area contributed by atoms with Gasteiger partial charge in [-0.2, -0.15) is 0 Å². The van der Waals surface area contributed by atoms with E-state index in [1.54, 1.807) is 0 Å². The van der Waals surface area contributed by atoms with Gasteiger partial charge in [-0.3, -0.25) is 0 Å². The van der Waals surface area contributed by atoms with E-state index in [0.717, 1.165) is 24.3 Å². The second-order valence-corrected chi connectivity index (χ2v) is 9.53. The first kappa shape index (κ1) is 14.0. The van der Waals surface area contributed by atoms with Gasteiger partial charge in [0.2, 0.25) is 0 Å². The Morgan fingerprint density at radius 2 is 1.46 bits per heavy atom. The third kappa shape index (κ3) is 1.62. The molecule has 0 N–H and O–H groups in total. The predicted molar refractivity (Wildman–Crippen MR) is 103 cm³/mol. The van der Waals surface area contributed by atoms with Gasteiger partial charge >= 0.3 is 0 Å². The first-order chi connectivity index (χ1) is 12.8. The van der Waals surface area contributed by atoms with Crippen LogP contribution in [0.3, 0.4) is 0 Å². The molecule has 2 nitrogen and oxygen atoms in total. The lowest BCUT2D eigenvalue weighted by atomic mass is 9.53. The van der Waals surface area contributed by atoms with E-state index in [-0.39, 0.29) is 0 Å². The second-order valence-electron chi connectivity index (χ2n) is 9.53. The summed E-state index contributed by atoms with van der Waals surface area (Å²) in [7, 11) is 0. The standard InChI is InChI=1S/C24H25N2/c1-2-6-20-19(5-1)15-25-21-7-3-4-8-22(21)26(23(20)25)24-12-16-9-17(13-24)11-18(10-16)14-24/h1-8,16-18H,9-15H2/q+1. The summed E-state index contributed by atoms with van der Waals surface area (Å²) in [5, 5.41) is 0. The number of para-hydroxylation sites is 2. The van der Waals surface area contributed by atoms with E-state index < -0.39 is 0 Å². The smallest absolute Gasteiger partial charge is 0.219 e. The molecular formula is C24H25N2+. The van der Waals surface area contributed by atoms with Crippen molar-refractivity contribution < 1.29 is 4.57 Å². The highest BCUT2D eigenvalue weighted by molar-refractivity contribution is 5.78. The maximum Gasteiger partial charge on any atom is 0.291 e. The molecular weight excluding hydrogens is 316 g/mol. The largest absolute Gasteiger partial charge is 0.291 e. The molecule has 130 valence electrons. The molecule has 4 saturated carbocycles. The van der Waals surface area contributed by atoms with Crippen LogP contribution in [0.2, 0.25) is 0 Å². The van der Waals surface area contributed by atoms with Crippen molar-refractivity contribution in [3.05, 3.63) is 54.1 Å². The Kier molecular flexibility index (Phi) is 2.48. The molecule has 2 heteroatoms. The average molecular weight is 341 g/mol. The van der Waals surface area contributed by atoms with E-state index >= 15 is 0 Å². The Morgan fingerprint density at radius 3 is 2.23 bits per heavy atom. The molecule has 8 rings (SSSR count). The van der Waals surface area contributed by atoms with Crippen LogP contribution >= 0.6 is 0 Å². The summed E-state index contributed by atoms with van der Waals surface area (Å²) in [6.07, 6.45) is 8.74. The van der Waals surface area contributed by atoms with Crippen LogP contribution in [0.5, 0.6) is 0 Å². The van der Waals surface area contributed by atoms with Crippen LogP contribution in [0.25, 0.3) is 22.4 Å². The molecule has 4 aliphatic carbocycles. The number of aromatic nitrogens is 2. The molecule has 1 aliphatic heterocycles. The van der Waals surface area contributed by atoms with Crippen LogP contribution in [0.1, 0.15) is 44.1 Å². The lowest BCUT2D eigenvalue weighted by Crippen LogP contribution is -2.52. The van der Waals surface area contributed by atoms with Gasteiger partial charge in [0.05, 0.1) is 5.56 Å². The number of hydrogen-bond acceptors (Lipinski definition) is 0. The zero-order chi connectivity index (χ0) is 16.9. The van der Waals surface area contributed by atoms with Crippen molar-refractivity contribution in [2.45, 2.75) is 50.6 Å². The number of fused-ring (bicyclic) bond motifs is 5. The maximum absolute atomic E-state index is 2.83. The summed E-state index contributed by atoms with van der Waals surface area (Å²) in [5.74, 6) is 4.41. The van der Waals surface area contributed by atoms with Gasteiger partial charge in [0, 0.05) is 5.56 Å². The molecule has 4 bridgehead atoms. The molecule has 0 spiro atoms. The highest BCUT2D eigenvalue weighted by Crippen LogP contribution is 2.60. The minimum atomic E-state index is 0.367. The summed E-state index contributed by atoms with van der Waals surface area (Å²) in [6, 6.07) is 18.2. The first-order valence-corrected chi connectivity index (χ1v) is 10.4. The number of hydrogen-bond donors (Lipinski definition) is 0. The Balaban J connectivity index is 1.56. The van der Waals surface area contributed by atoms with Crippen LogP contribution in [-0.4, -0.2) is 4.57 Å². The summed E-state index contributed by atoms with van der Waals surface area (Å²) in [4.78, 5) is 0. The van der Waals surface area contributed by atoms with Crippen molar-refractivity contribution >= 4 is 11.0 Å². The van der Waals surface area contributed by atoms with Crippen molar-refractivity contribution in [2.24, 2.45) is 17.8 Å². The molecule has 0 unspecified atom stereocenters. The summed E-state index contributed by atoms with van der Waals surface area (Å²) >= 11 is 0. The minimum Gasteiger partial charge on any atom is -0.219 e. The topological polar surface area (TPSA) is 8.81 Å². The fourth-order valence-electron chi connectivity index (χ4n) is 7.52. The lowest BCUT2D eigenvalue weighted by molar-refractivity contribution is -0.646. The summed E-state index contributed by atoms with van der Waals surface area (Å²) in [5.41, 5.74) is 6.23. The zero-order valence-corrected chi connectivity index (χ0v) is 15.2. The Morgan fingerprint density at radius 1 is 0.808 bits per heavy atom. The summed E-state index contributed by atoms with van der Waals surface area (Å²) < 4.78 is 5.43. The van der Waals surface area contributed by atoms with E-state index in [9.17, 15) is 0 Å². The molecule has 1 aromatic heterocycles. The molecule has 0 saturated heterocycles. The predicted octanol–water partition coefficient (Wildman–Crippen LogP) is 4.88. The van der Waals surface area contributed by atoms with Crippen LogP contribution in [-0.2, 0) is 12.1 Å². The number of rotatable bonds is 1. The molecule has 0 amide bonds.